The van der Waals surface area contributed by atoms with Crippen molar-refractivity contribution >= 4 is 21.8 Å². The molecule has 1 atom stereocenters. The van der Waals surface area contributed by atoms with E-state index >= 15 is 0 Å². The molecular formula is C19H27N3O4S. The van der Waals surface area contributed by atoms with Crippen molar-refractivity contribution in [2.45, 2.75) is 43.4 Å². The molecule has 3 rings (SSSR count). The van der Waals surface area contributed by atoms with Gasteiger partial charge in [0.05, 0.1) is 10.8 Å². The maximum absolute atomic E-state index is 12.7. The maximum Gasteiger partial charge on any atom is 0.238 e. The highest BCUT2D eigenvalue weighted by atomic mass is 32.2. The number of carbonyl (C=O) groups is 2. The van der Waals surface area contributed by atoms with E-state index < -0.39 is 10.0 Å². The molecule has 2 amide bonds. The lowest BCUT2D eigenvalue weighted by Crippen LogP contribution is -2.38. The van der Waals surface area contributed by atoms with Crippen LogP contribution in [0, 0.1) is 5.92 Å². The highest BCUT2D eigenvalue weighted by Crippen LogP contribution is 2.22. The molecule has 8 heteroatoms. The van der Waals surface area contributed by atoms with E-state index in [1.807, 2.05) is 4.90 Å². The number of rotatable bonds is 5. The first-order valence-electron chi connectivity index (χ1n) is 9.53. The highest BCUT2D eigenvalue weighted by Gasteiger charge is 2.36. The van der Waals surface area contributed by atoms with Crippen LogP contribution in [-0.4, -0.2) is 56.2 Å². The second-order valence-electron chi connectivity index (χ2n) is 7.42. The highest BCUT2D eigenvalue weighted by molar-refractivity contribution is 7.89. The molecule has 2 fully saturated rings. The standard InChI is InChI=1S/C19H27N3O4S/c20-27(25,26)17-7-5-15(6-8-17)9-12-22-14-16(13-18(22)23)19(24)21-10-3-1-2-4-11-21/h5-8,16H,1-4,9-14H2,(H2,20,25,26). The summed E-state index contributed by atoms with van der Waals surface area (Å²) in [5.74, 6) is -0.102. The number of hydrogen-bond donors (Lipinski definition) is 1. The average Bonchev–Trinajstić information content (AvgIpc) is 2.83. The Morgan fingerprint density at radius 2 is 1.70 bits per heavy atom. The quantitative estimate of drug-likeness (QED) is 0.810. The Bertz CT molecular complexity index is 784. The predicted molar refractivity (Wildman–Crippen MR) is 101 cm³/mol. The summed E-state index contributed by atoms with van der Waals surface area (Å²) in [4.78, 5) is 28.8. The van der Waals surface area contributed by atoms with Crippen molar-refractivity contribution in [1.29, 1.82) is 0 Å². The summed E-state index contributed by atoms with van der Waals surface area (Å²) in [6.07, 6.45) is 5.34. The van der Waals surface area contributed by atoms with Gasteiger partial charge in [-0.1, -0.05) is 25.0 Å². The van der Waals surface area contributed by atoms with Crippen LogP contribution in [0.15, 0.2) is 29.2 Å². The first-order valence-corrected chi connectivity index (χ1v) is 11.1. The van der Waals surface area contributed by atoms with Gasteiger partial charge in [0.1, 0.15) is 0 Å². The molecule has 7 nitrogen and oxygen atoms in total. The smallest absolute Gasteiger partial charge is 0.238 e. The molecule has 148 valence electrons. The lowest BCUT2D eigenvalue weighted by Gasteiger charge is -2.24. The Kier molecular flexibility index (Phi) is 6.16. The Morgan fingerprint density at radius 1 is 1.07 bits per heavy atom. The maximum atomic E-state index is 12.7. The monoisotopic (exact) mass is 393 g/mol. The summed E-state index contributed by atoms with van der Waals surface area (Å²) >= 11 is 0. The molecule has 2 N–H and O–H groups in total. The molecular weight excluding hydrogens is 366 g/mol. The van der Waals surface area contributed by atoms with Gasteiger partial charge in [-0.05, 0) is 37.0 Å². The van der Waals surface area contributed by atoms with Gasteiger partial charge in [-0.25, -0.2) is 13.6 Å². The zero-order valence-corrected chi connectivity index (χ0v) is 16.3. The van der Waals surface area contributed by atoms with Gasteiger partial charge in [0.2, 0.25) is 21.8 Å². The Hall–Kier alpha value is -1.93. The van der Waals surface area contributed by atoms with E-state index in [0.29, 0.717) is 25.9 Å². The van der Waals surface area contributed by atoms with Crippen LogP contribution in [0.3, 0.4) is 0 Å². The van der Waals surface area contributed by atoms with Crippen molar-refractivity contribution in [3.8, 4) is 0 Å². The average molecular weight is 394 g/mol. The van der Waals surface area contributed by atoms with Crippen molar-refractivity contribution in [2.24, 2.45) is 11.1 Å². The lowest BCUT2D eigenvalue weighted by atomic mass is 10.1. The molecule has 0 bridgehead atoms. The second-order valence-corrected chi connectivity index (χ2v) is 8.98. The number of primary sulfonamides is 1. The Morgan fingerprint density at radius 3 is 2.30 bits per heavy atom. The van der Waals surface area contributed by atoms with Crippen molar-refractivity contribution in [3.63, 3.8) is 0 Å². The summed E-state index contributed by atoms with van der Waals surface area (Å²) in [7, 11) is -3.70. The number of likely N-dealkylation sites (tertiary alicyclic amines) is 2. The van der Waals surface area contributed by atoms with Crippen LogP contribution in [0.5, 0.6) is 0 Å². The van der Waals surface area contributed by atoms with E-state index in [-0.39, 0.29) is 22.6 Å². The summed E-state index contributed by atoms with van der Waals surface area (Å²) in [6, 6.07) is 6.37. The topological polar surface area (TPSA) is 101 Å². The third-order valence-corrected chi connectivity index (χ3v) is 6.33. The van der Waals surface area contributed by atoms with Crippen LogP contribution in [0.1, 0.15) is 37.7 Å². The van der Waals surface area contributed by atoms with E-state index in [0.717, 1.165) is 31.5 Å². The molecule has 27 heavy (non-hydrogen) atoms. The number of hydrogen-bond acceptors (Lipinski definition) is 4. The van der Waals surface area contributed by atoms with Gasteiger partial charge in [-0.3, -0.25) is 9.59 Å². The first-order chi connectivity index (χ1) is 12.8. The predicted octanol–water partition coefficient (Wildman–Crippen LogP) is 1.13. The fraction of sp³-hybridized carbons (Fsp3) is 0.579. The van der Waals surface area contributed by atoms with Gasteiger partial charge in [0, 0.05) is 32.6 Å². The normalized spacial score (nSPS) is 21.4. The minimum atomic E-state index is -3.70. The van der Waals surface area contributed by atoms with Crippen LogP contribution in [0.4, 0.5) is 0 Å². The fourth-order valence-electron chi connectivity index (χ4n) is 3.81. The Balaban J connectivity index is 1.54. The van der Waals surface area contributed by atoms with E-state index in [1.54, 1.807) is 17.0 Å². The fourth-order valence-corrected chi connectivity index (χ4v) is 4.33. The molecule has 0 aromatic heterocycles. The molecule has 2 heterocycles. The van der Waals surface area contributed by atoms with Crippen molar-refractivity contribution < 1.29 is 18.0 Å². The largest absolute Gasteiger partial charge is 0.342 e. The van der Waals surface area contributed by atoms with Crippen LogP contribution in [0.25, 0.3) is 0 Å². The number of benzene rings is 1. The van der Waals surface area contributed by atoms with Gasteiger partial charge in [-0.15, -0.1) is 0 Å². The van der Waals surface area contributed by atoms with Crippen LogP contribution >= 0.6 is 0 Å². The summed E-state index contributed by atoms with van der Waals surface area (Å²) < 4.78 is 22.6. The van der Waals surface area contributed by atoms with Crippen molar-refractivity contribution in [2.75, 3.05) is 26.2 Å². The van der Waals surface area contributed by atoms with Gasteiger partial charge >= 0.3 is 0 Å². The van der Waals surface area contributed by atoms with E-state index in [1.165, 1.54) is 25.0 Å². The molecule has 2 saturated heterocycles. The number of nitrogens with two attached hydrogens (primary N) is 1. The Labute approximate surface area is 160 Å². The first kappa shape index (κ1) is 19.8. The van der Waals surface area contributed by atoms with Crippen molar-refractivity contribution in [1.82, 2.24) is 9.80 Å². The number of carbonyl (C=O) groups excluding carboxylic acids is 2. The van der Waals surface area contributed by atoms with E-state index in [9.17, 15) is 18.0 Å². The van der Waals surface area contributed by atoms with Crippen LogP contribution < -0.4 is 5.14 Å². The molecule has 2 aliphatic heterocycles. The molecule has 0 radical (unpaired) electrons. The van der Waals surface area contributed by atoms with Crippen molar-refractivity contribution in [3.05, 3.63) is 29.8 Å². The molecule has 1 unspecified atom stereocenters. The summed E-state index contributed by atoms with van der Waals surface area (Å²) in [5.41, 5.74) is 0.928. The third kappa shape index (κ3) is 5.07. The van der Waals surface area contributed by atoms with Gasteiger partial charge < -0.3 is 9.80 Å². The molecule has 0 saturated carbocycles. The number of amides is 2. The zero-order valence-electron chi connectivity index (χ0n) is 15.5. The SMILES string of the molecule is NS(=O)(=O)c1ccc(CCN2CC(C(=O)N3CCCCCC3)CC2=O)cc1. The zero-order chi connectivity index (χ0) is 19.4. The lowest BCUT2D eigenvalue weighted by molar-refractivity contribution is -0.135. The number of nitrogens with zero attached hydrogens (tertiary/aromatic N) is 2. The van der Waals surface area contributed by atoms with Gasteiger partial charge in [-0.2, -0.15) is 0 Å². The molecule has 1 aromatic rings. The van der Waals surface area contributed by atoms with Gasteiger partial charge in [0.25, 0.3) is 0 Å². The second kappa shape index (κ2) is 8.39. The minimum absolute atomic E-state index is 0.0179. The third-order valence-electron chi connectivity index (χ3n) is 5.40. The summed E-state index contributed by atoms with van der Waals surface area (Å²) in [5, 5.41) is 5.10. The summed E-state index contributed by atoms with van der Waals surface area (Å²) in [6.45, 7) is 2.61. The molecule has 1 aromatic carbocycles. The van der Waals surface area contributed by atoms with Gasteiger partial charge in [0.15, 0.2) is 0 Å². The molecule has 0 spiro atoms. The van der Waals surface area contributed by atoms with E-state index in [4.69, 9.17) is 5.14 Å². The molecule has 0 aliphatic carbocycles. The van der Waals surface area contributed by atoms with Crippen LogP contribution in [-0.2, 0) is 26.0 Å². The van der Waals surface area contributed by atoms with E-state index in [2.05, 4.69) is 0 Å². The minimum Gasteiger partial charge on any atom is -0.342 e. The van der Waals surface area contributed by atoms with Crippen LogP contribution in [0.2, 0.25) is 0 Å². The number of sulfonamides is 1. The molecule has 2 aliphatic rings.